The van der Waals surface area contributed by atoms with Crippen LogP contribution in [0.5, 0.6) is 0 Å². The molecule has 4 nitrogen and oxygen atoms in total. The molecule has 0 aromatic carbocycles. The van der Waals surface area contributed by atoms with Crippen molar-refractivity contribution in [3.63, 3.8) is 0 Å². The van der Waals surface area contributed by atoms with Gasteiger partial charge >= 0.3 is 0 Å². The molecule has 3 saturated carbocycles. The molecule has 0 amide bonds. The van der Waals surface area contributed by atoms with Crippen LogP contribution < -0.4 is 0 Å². The number of ether oxygens (including phenoxy) is 3. The predicted molar refractivity (Wildman–Crippen MR) is 124 cm³/mol. The minimum atomic E-state index is -0.498. The summed E-state index contributed by atoms with van der Waals surface area (Å²) >= 11 is 0. The molecule has 5 fully saturated rings. The van der Waals surface area contributed by atoms with E-state index in [-0.39, 0.29) is 16.9 Å². The number of methoxy groups -OCH3 is 1. The number of fused-ring (bicyclic) bond motifs is 7. The van der Waals surface area contributed by atoms with Crippen molar-refractivity contribution in [2.75, 3.05) is 13.7 Å². The van der Waals surface area contributed by atoms with Gasteiger partial charge in [0.1, 0.15) is 0 Å². The summed E-state index contributed by atoms with van der Waals surface area (Å²) < 4.78 is 19.9. The molecule has 0 aromatic rings. The van der Waals surface area contributed by atoms with Gasteiger partial charge in [0.05, 0.1) is 12.7 Å². The maximum absolute atomic E-state index is 10.3. The fourth-order valence-electron chi connectivity index (χ4n) is 9.97. The predicted octanol–water partition coefficient (Wildman–Crippen LogP) is 5.69. The van der Waals surface area contributed by atoms with Gasteiger partial charge in [0.15, 0.2) is 11.6 Å². The monoisotopic (exact) mass is 444 g/mol. The number of hydrogen-bond acceptors (Lipinski definition) is 4. The van der Waals surface area contributed by atoms with Crippen LogP contribution in [-0.2, 0) is 14.2 Å². The number of allylic oxidation sites excluding steroid dienone is 1. The van der Waals surface area contributed by atoms with Crippen molar-refractivity contribution in [1.82, 2.24) is 0 Å². The van der Waals surface area contributed by atoms with Crippen molar-refractivity contribution in [1.29, 1.82) is 0 Å². The van der Waals surface area contributed by atoms with Gasteiger partial charge in [-0.05, 0) is 79.4 Å². The third-order valence-corrected chi connectivity index (χ3v) is 11.7. The van der Waals surface area contributed by atoms with Crippen LogP contribution in [0.2, 0.25) is 0 Å². The topological polar surface area (TPSA) is 47.9 Å². The molecule has 2 aliphatic heterocycles. The molecule has 0 aromatic heterocycles. The maximum Gasteiger partial charge on any atom is 0.175 e. The molecule has 180 valence electrons. The first-order valence-electron chi connectivity index (χ1n) is 13.4. The van der Waals surface area contributed by atoms with E-state index in [1.807, 2.05) is 7.11 Å². The van der Waals surface area contributed by atoms with E-state index in [1.165, 1.54) is 25.7 Å². The smallest absolute Gasteiger partial charge is 0.175 e. The average Bonchev–Trinajstić information content (AvgIpc) is 3.17. The quantitative estimate of drug-likeness (QED) is 0.528. The van der Waals surface area contributed by atoms with E-state index < -0.39 is 11.6 Å². The van der Waals surface area contributed by atoms with Gasteiger partial charge in [-0.15, -0.1) is 0 Å². The summed E-state index contributed by atoms with van der Waals surface area (Å²) in [7, 11) is 1.88. The summed E-state index contributed by atoms with van der Waals surface area (Å²) in [5.41, 5.74) is 2.06. The van der Waals surface area contributed by atoms with E-state index in [2.05, 4.69) is 33.8 Å². The molecule has 0 radical (unpaired) electrons. The Kier molecular flexibility index (Phi) is 4.87. The van der Waals surface area contributed by atoms with Crippen LogP contribution in [0.3, 0.4) is 0 Å². The summed E-state index contributed by atoms with van der Waals surface area (Å²) in [5, 5.41) is 10.3. The van der Waals surface area contributed by atoms with E-state index in [0.29, 0.717) is 29.6 Å². The average molecular weight is 445 g/mol. The Balaban J connectivity index is 1.34. The van der Waals surface area contributed by atoms with Gasteiger partial charge in [-0.1, -0.05) is 39.3 Å². The number of hydrogen-bond donors (Lipinski definition) is 1. The second-order valence-electron chi connectivity index (χ2n) is 13.1. The number of aliphatic hydroxyl groups is 1. The van der Waals surface area contributed by atoms with Crippen molar-refractivity contribution in [2.24, 2.45) is 46.3 Å². The highest BCUT2D eigenvalue weighted by Gasteiger charge is 2.75. The molecule has 2 saturated heterocycles. The normalized spacial score (nSPS) is 59.2. The van der Waals surface area contributed by atoms with Crippen LogP contribution in [0.4, 0.5) is 0 Å². The SMILES string of the molecule is COC12CC3C4CC=C5CC(O)CCC5(C)C4CCC3(C)C1C(C)C1(CCC(C)CO1)O2. The van der Waals surface area contributed by atoms with Crippen LogP contribution in [0.1, 0.15) is 85.5 Å². The Hall–Kier alpha value is -0.420. The molecule has 32 heavy (non-hydrogen) atoms. The van der Waals surface area contributed by atoms with Crippen molar-refractivity contribution >= 4 is 0 Å². The van der Waals surface area contributed by atoms with Crippen molar-refractivity contribution in [3.05, 3.63) is 11.6 Å². The molecular weight excluding hydrogens is 400 g/mol. The third kappa shape index (κ3) is 2.70. The molecule has 1 spiro atoms. The lowest BCUT2D eigenvalue weighted by atomic mass is 9.47. The van der Waals surface area contributed by atoms with Crippen molar-refractivity contribution in [3.8, 4) is 0 Å². The van der Waals surface area contributed by atoms with Gasteiger partial charge in [-0.25, -0.2) is 0 Å². The molecular formula is C28H44O4. The molecule has 1 N–H and O–H groups in total. The van der Waals surface area contributed by atoms with E-state index >= 15 is 0 Å². The Labute approximate surface area is 194 Å². The summed E-state index contributed by atoms with van der Waals surface area (Å²) in [4.78, 5) is 0. The first-order valence-corrected chi connectivity index (χ1v) is 13.4. The zero-order valence-corrected chi connectivity index (χ0v) is 20.9. The molecule has 6 rings (SSSR count). The summed E-state index contributed by atoms with van der Waals surface area (Å²) in [6.45, 7) is 10.6. The molecule has 4 aliphatic carbocycles. The van der Waals surface area contributed by atoms with E-state index in [4.69, 9.17) is 14.2 Å². The summed E-state index contributed by atoms with van der Waals surface area (Å²) in [6.07, 6.45) is 12.3. The Bertz CT molecular complexity index is 799. The second-order valence-corrected chi connectivity index (χ2v) is 13.1. The molecule has 0 bridgehead atoms. The van der Waals surface area contributed by atoms with E-state index in [0.717, 1.165) is 44.6 Å². The first-order chi connectivity index (χ1) is 15.2. The lowest BCUT2D eigenvalue weighted by Crippen LogP contribution is -2.52. The summed E-state index contributed by atoms with van der Waals surface area (Å²) in [5.74, 6) is 2.49. The Morgan fingerprint density at radius 2 is 1.88 bits per heavy atom. The van der Waals surface area contributed by atoms with Gasteiger partial charge < -0.3 is 19.3 Å². The fourth-order valence-corrected chi connectivity index (χ4v) is 9.97. The molecule has 4 heteroatoms. The van der Waals surface area contributed by atoms with Crippen LogP contribution >= 0.6 is 0 Å². The molecule has 11 unspecified atom stereocenters. The van der Waals surface area contributed by atoms with Gasteiger partial charge in [-0.2, -0.15) is 0 Å². The zero-order chi connectivity index (χ0) is 22.5. The summed E-state index contributed by atoms with van der Waals surface area (Å²) in [6, 6.07) is 0. The number of aliphatic hydroxyl groups excluding tert-OH is 1. The van der Waals surface area contributed by atoms with Crippen molar-refractivity contribution < 1.29 is 19.3 Å². The third-order valence-electron chi connectivity index (χ3n) is 11.7. The zero-order valence-electron chi connectivity index (χ0n) is 20.9. The van der Waals surface area contributed by atoms with E-state index in [9.17, 15) is 5.11 Å². The minimum Gasteiger partial charge on any atom is -0.393 e. The largest absolute Gasteiger partial charge is 0.393 e. The van der Waals surface area contributed by atoms with Gasteiger partial charge in [0.25, 0.3) is 0 Å². The van der Waals surface area contributed by atoms with Gasteiger partial charge in [-0.3, -0.25) is 0 Å². The first kappa shape index (κ1) is 22.1. The molecule has 2 heterocycles. The van der Waals surface area contributed by atoms with Gasteiger partial charge in [0.2, 0.25) is 0 Å². The van der Waals surface area contributed by atoms with Crippen LogP contribution in [-0.4, -0.2) is 36.5 Å². The lowest BCUT2D eigenvalue weighted by molar-refractivity contribution is -0.337. The minimum absolute atomic E-state index is 0.133. The highest BCUT2D eigenvalue weighted by atomic mass is 16.8. The highest BCUT2D eigenvalue weighted by Crippen LogP contribution is 2.73. The van der Waals surface area contributed by atoms with Crippen LogP contribution in [0.15, 0.2) is 11.6 Å². The standard InChI is InChI=1S/C28H44O4/c1-17-8-13-27(31-16-17)18(2)24-26(4)12-10-22-21(23(26)15-28(24,30-5)32-27)7-6-19-14-20(29)9-11-25(19,22)3/h6,17-18,20-24,29H,7-16H2,1-5H3. The number of rotatable bonds is 1. The second kappa shape index (κ2) is 7.06. The Morgan fingerprint density at radius 3 is 2.59 bits per heavy atom. The van der Waals surface area contributed by atoms with Crippen LogP contribution in [0.25, 0.3) is 0 Å². The molecule has 6 aliphatic rings. The lowest BCUT2D eigenvalue weighted by Gasteiger charge is -2.58. The fraction of sp³-hybridized carbons (Fsp3) is 0.929. The Morgan fingerprint density at radius 1 is 1.06 bits per heavy atom. The molecule has 11 atom stereocenters. The van der Waals surface area contributed by atoms with Gasteiger partial charge in [0, 0.05) is 31.8 Å². The van der Waals surface area contributed by atoms with Crippen molar-refractivity contribution in [2.45, 2.75) is 103 Å². The highest BCUT2D eigenvalue weighted by molar-refractivity contribution is 5.27. The van der Waals surface area contributed by atoms with E-state index in [1.54, 1.807) is 5.57 Å². The van der Waals surface area contributed by atoms with Crippen LogP contribution in [0, 0.1) is 46.3 Å². The maximum atomic E-state index is 10.3.